The van der Waals surface area contributed by atoms with E-state index < -0.39 is 10.0 Å². The molecule has 19 heavy (non-hydrogen) atoms. The highest BCUT2D eigenvalue weighted by Crippen LogP contribution is 2.30. The molecule has 0 unspecified atom stereocenters. The number of sulfonamides is 1. The summed E-state index contributed by atoms with van der Waals surface area (Å²) in [5, 5.41) is 0. The van der Waals surface area contributed by atoms with Crippen molar-refractivity contribution in [3.8, 4) is 5.75 Å². The summed E-state index contributed by atoms with van der Waals surface area (Å²) in [5.41, 5.74) is 0.687. The van der Waals surface area contributed by atoms with Gasteiger partial charge < -0.3 is 4.74 Å². The number of alkyl halides is 1. The zero-order valence-corrected chi connectivity index (χ0v) is 12.7. The first-order valence-corrected chi connectivity index (χ1v) is 8.19. The third-order valence-electron chi connectivity index (χ3n) is 3.66. The lowest BCUT2D eigenvalue weighted by molar-refractivity contribution is 0.249. The molecule has 0 aliphatic heterocycles. The van der Waals surface area contributed by atoms with E-state index in [9.17, 15) is 8.42 Å². The molecule has 1 aromatic carbocycles. The molecule has 0 aromatic heterocycles. The van der Waals surface area contributed by atoms with Crippen molar-refractivity contribution in [2.45, 2.75) is 36.1 Å². The van der Waals surface area contributed by atoms with Crippen LogP contribution in [-0.4, -0.2) is 32.9 Å². The molecule has 0 heterocycles. The van der Waals surface area contributed by atoms with Gasteiger partial charge >= 0.3 is 0 Å². The fraction of sp³-hybridized carbons (Fsp3) is 0.538. The first-order valence-electron chi connectivity index (χ1n) is 6.21. The van der Waals surface area contributed by atoms with E-state index in [-0.39, 0.29) is 16.8 Å². The number of hydrogen-bond donors (Lipinski definition) is 0. The SMILES string of the molecule is COc1ccc(S(=O)(=O)N(C)C2CCC2)cc1CCl. The highest BCUT2D eigenvalue weighted by Gasteiger charge is 2.31. The van der Waals surface area contributed by atoms with E-state index in [2.05, 4.69) is 0 Å². The van der Waals surface area contributed by atoms with Gasteiger partial charge in [0.25, 0.3) is 0 Å². The van der Waals surface area contributed by atoms with Crippen molar-refractivity contribution in [1.29, 1.82) is 0 Å². The van der Waals surface area contributed by atoms with Crippen LogP contribution in [0, 0.1) is 0 Å². The van der Waals surface area contributed by atoms with Crippen molar-refractivity contribution in [3.05, 3.63) is 23.8 Å². The maximum Gasteiger partial charge on any atom is 0.243 e. The van der Waals surface area contributed by atoms with E-state index in [4.69, 9.17) is 16.3 Å². The number of benzene rings is 1. The topological polar surface area (TPSA) is 46.6 Å². The Morgan fingerprint density at radius 1 is 1.42 bits per heavy atom. The van der Waals surface area contributed by atoms with Gasteiger partial charge in [0.05, 0.1) is 17.9 Å². The normalized spacial score (nSPS) is 16.4. The second-order valence-electron chi connectivity index (χ2n) is 4.71. The Kier molecular flexibility index (Phi) is 4.38. The van der Waals surface area contributed by atoms with Gasteiger partial charge in [-0.2, -0.15) is 4.31 Å². The Balaban J connectivity index is 2.34. The molecule has 0 atom stereocenters. The Hall–Kier alpha value is -0.780. The maximum absolute atomic E-state index is 12.5. The quantitative estimate of drug-likeness (QED) is 0.786. The lowest BCUT2D eigenvalue weighted by atomic mass is 9.94. The van der Waals surface area contributed by atoms with Gasteiger partial charge in [-0.25, -0.2) is 8.42 Å². The Labute approximate surface area is 119 Å². The van der Waals surface area contributed by atoms with Crippen molar-refractivity contribution in [2.75, 3.05) is 14.2 Å². The molecule has 0 N–H and O–H groups in total. The number of methoxy groups -OCH3 is 1. The van der Waals surface area contributed by atoms with Gasteiger partial charge in [-0.15, -0.1) is 11.6 Å². The van der Waals surface area contributed by atoms with Gasteiger partial charge in [-0.3, -0.25) is 0 Å². The van der Waals surface area contributed by atoms with Gasteiger partial charge in [-0.1, -0.05) is 6.42 Å². The third-order valence-corrected chi connectivity index (χ3v) is 5.86. The average molecular weight is 304 g/mol. The fourth-order valence-corrected chi connectivity index (χ4v) is 3.81. The molecule has 0 saturated heterocycles. The van der Waals surface area contributed by atoms with Gasteiger partial charge in [-0.05, 0) is 31.0 Å². The molecule has 0 radical (unpaired) electrons. The van der Waals surface area contributed by atoms with Crippen LogP contribution in [0.3, 0.4) is 0 Å². The minimum Gasteiger partial charge on any atom is -0.496 e. The summed E-state index contributed by atoms with van der Waals surface area (Å²) in [6.07, 6.45) is 2.97. The van der Waals surface area contributed by atoms with Crippen molar-refractivity contribution in [2.24, 2.45) is 0 Å². The van der Waals surface area contributed by atoms with Gasteiger partial charge in [0.1, 0.15) is 5.75 Å². The highest BCUT2D eigenvalue weighted by atomic mass is 35.5. The molecule has 4 nitrogen and oxygen atoms in total. The predicted molar refractivity (Wildman–Crippen MR) is 75.1 cm³/mol. The van der Waals surface area contributed by atoms with Crippen LogP contribution in [-0.2, 0) is 15.9 Å². The number of halogens is 1. The van der Waals surface area contributed by atoms with Gasteiger partial charge in [0.2, 0.25) is 10.0 Å². The lowest BCUT2D eigenvalue weighted by Crippen LogP contribution is -2.41. The van der Waals surface area contributed by atoms with Crippen LogP contribution in [0.5, 0.6) is 5.75 Å². The number of nitrogens with zero attached hydrogens (tertiary/aromatic N) is 1. The maximum atomic E-state index is 12.5. The number of hydrogen-bond acceptors (Lipinski definition) is 3. The van der Waals surface area contributed by atoms with E-state index in [1.54, 1.807) is 32.4 Å². The molecule has 106 valence electrons. The zero-order valence-electron chi connectivity index (χ0n) is 11.1. The first kappa shape index (κ1) is 14.6. The molecule has 1 aliphatic rings. The number of rotatable bonds is 5. The van der Waals surface area contributed by atoms with Gasteiger partial charge in [0.15, 0.2) is 0 Å². The zero-order chi connectivity index (χ0) is 14.0. The Bertz CT molecular complexity index is 555. The molecule has 1 saturated carbocycles. The molecule has 2 rings (SSSR count). The highest BCUT2D eigenvalue weighted by molar-refractivity contribution is 7.89. The Morgan fingerprint density at radius 2 is 2.11 bits per heavy atom. The molecular weight excluding hydrogens is 286 g/mol. The van der Waals surface area contributed by atoms with Crippen molar-refractivity contribution >= 4 is 21.6 Å². The van der Waals surface area contributed by atoms with Crippen molar-refractivity contribution < 1.29 is 13.2 Å². The van der Waals surface area contributed by atoms with Crippen LogP contribution in [0.15, 0.2) is 23.1 Å². The average Bonchev–Trinajstić information content (AvgIpc) is 2.35. The minimum atomic E-state index is -3.44. The molecule has 0 amide bonds. The van der Waals surface area contributed by atoms with E-state index in [0.29, 0.717) is 11.3 Å². The smallest absolute Gasteiger partial charge is 0.243 e. The van der Waals surface area contributed by atoms with Gasteiger partial charge in [0, 0.05) is 18.7 Å². The Morgan fingerprint density at radius 3 is 2.58 bits per heavy atom. The fourth-order valence-electron chi connectivity index (χ4n) is 2.13. The summed E-state index contributed by atoms with van der Waals surface area (Å²) in [5.74, 6) is 0.833. The van der Waals surface area contributed by atoms with Crippen LogP contribution in [0.25, 0.3) is 0 Å². The largest absolute Gasteiger partial charge is 0.496 e. The van der Waals surface area contributed by atoms with Crippen LogP contribution in [0.4, 0.5) is 0 Å². The molecule has 0 spiro atoms. The number of ether oxygens (including phenoxy) is 1. The summed E-state index contributed by atoms with van der Waals surface area (Å²) >= 11 is 5.83. The standard InChI is InChI=1S/C13H18ClNO3S/c1-15(11-4-3-5-11)19(16,17)12-6-7-13(18-2)10(8-12)9-14/h6-8,11H,3-5,9H2,1-2H3. The van der Waals surface area contributed by atoms with E-state index in [1.807, 2.05) is 0 Å². The monoisotopic (exact) mass is 303 g/mol. The molecule has 6 heteroatoms. The summed E-state index contributed by atoms with van der Waals surface area (Å²) in [6.45, 7) is 0. The summed E-state index contributed by atoms with van der Waals surface area (Å²) in [7, 11) is -0.253. The summed E-state index contributed by atoms with van der Waals surface area (Å²) in [4.78, 5) is 0.276. The molecular formula is C13H18ClNO3S. The summed E-state index contributed by atoms with van der Waals surface area (Å²) < 4.78 is 31.6. The van der Waals surface area contributed by atoms with Crippen LogP contribution in [0.2, 0.25) is 0 Å². The van der Waals surface area contributed by atoms with Crippen LogP contribution >= 0.6 is 11.6 Å². The van der Waals surface area contributed by atoms with Crippen LogP contribution < -0.4 is 4.74 Å². The molecule has 0 bridgehead atoms. The third kappa shape index (κ3) is 2.73. The molecule has 1 fully saturated rings. The van der Waals surface area contributed by atoms with E-state index in [0.717, 1.165) is 19.3 Å². The van der Waals surface area contributed by atoms with E-state index in [1.165, 1.54) is 4.31 Å². The predicted octanol–water partition coefficient (Wildman–Crippen LogP) is 2.61. The van der Waals surface area contributed by atoms with Crippen molar-refractivity contribution in [1.82, 2.24) is 4.31 Å². The first-order chi connectivity index (χ1) is 9.00. The second kappa shape index (κ2) is 5.69. The minimum absolute atomic E-state index is 0.131. The molecule has 1 aromatic rings. The second-order valence-corrected chi connectivity index (χ2v) is 6.98. The van der Waals surface area contributed by atoms with E-state index >= 15 is 0 Å². The van der Waals surface area contributed by atoms with Crippen LogP contribution in [0.1, 0.15) is 24.8 Å². The summed E-state index contributed by atoms with van der Waals surface area (Å²) in [6, 6.07) is 4.95. The van der Waals surface area contributed by atoms with Crippen molar-refractivity contribution in [3.63, 3.8) is 0 Å². The lowest BCUT2D eigenvalue weighted by Gasteiger charge is -2.33. The molecule has 1 aliphatic carbocycles.